The second kappa shape index (κ2) is 6.39. The summed E-state index contributed by atoms with van der Waals surface area (Å²) in [5.41, 5.74) is 1.04. The molecule has 1 amide bonds. The van der Waals surface area contributed by atoms with Crippen LogP contribution >= 0.6 is 0 Å². The lowest BCUT2D eigenvalue weighted by atomic mass is 10.1. The van der Waals surface area contributed by atoms with Gasteiger partial charge in [-0.3, -0.25) is 4.79 Å². The highest BCUT2D eigenvalue weighted by molar-refractivity contribution is 5.90. The summed E-state index contributed by atoms with van der Waals surface area (Å²) in [4.78, 5) is 13.8. The molecule has 0 aliphatic carbocycles. The van der Waals surface area contributed by atoms with E-state index in [0.29, 0.717) is 24.1 Å². The molecule has 1 saturated heterocycles. The molecule has 1 aliphatic heterocycles. The third kappa shape index (κ3) is 3.03. The van der Waals surface area contributed by atoms with Crippen LogP contribution in [0, 0.1) is 22.8 Å². The lowest BCUT2D eigenvalue weighted by molar-refractivity contribution is 0.0904. The Kier molecular flexibility index (Phi) is 4.13. The van der Waals surface area contributed by atoms with Crippen molar-refractivity contribution in [2.75, 3.05) is 6.54 Å². The van der Waals surface area contributed by atoms with Crippen molar-refractivity contribution in [2.45, 2.75) is 25.4 Å². The van der Waals surface area contributed by atoms with Crippen LogP contribution in [0.2, 0.25) is 0 Å². The Morgan fingerprint density at radius 1 is 1.42 bits per heavy atom. The molecule has 2 heterocycles. The first-order valence-corrected chi connectivity index (χ1v) is 7.42. The quantitative estimate of drug-likeness (QED) is 0.845. The van der Waals surface area contributed by atoms with Crippen LogP contribution in [0.1, 0.15) is 29.6 Å². The van der Waals surface area contributed by atoms with E-state index in [1.807, 2.05) is 13.0 Å². The topological polar surface area (TPSA) is 119 Å². The Bertz CT molecular complexity index is 847. The van der Waals surface area contributed by atoms with Crippen LogP contribution in [0.15, 0.2) is 28.7 Å². The molecule has 1 aromatic heterocycles. The van der Waals surface area contributed by atoms with E-state index in [9.17, 15) is 4.79 Å². The molecule has 2 aromatic rings. The highest BCUT2D eigenvalue weighted by atomic mass is 16.4. The molecule has 3 rings (SSSR count). The molecular weight excluding hydrogens is 308 g/mol. The number of hydrogen-bond acceptors (Lipinski definition) is 7. The van der Waals surface area contributed by atoms with Gasteiger partial charge in [-0.15, -0.1) is 10.2 Å². The third-order valence-electron chi connectivity index (χ3n) is 3.90. The van der Waals surface area contributed by atoms with E-state index in [1.54, 1.807) is 29.2 Å². The Labute approximate surface area is 138 Å². The molecule has 0 saturated carbocycles. The van der Waals surface area contributed by atoms with Gasteiger partial charge in [0.05, 0.1) is 11.6 Å². The molecule has 1 aliphatic rings. The van der Waals surface area contributed by atoms with Crippen molar-refractivity contribution in [3.63, 3.8) is 0 Å². The van der Waals surface area contributed by atoms with Gasteiger partial charge < -0.3 is 14.6 Å². The fourth-order valence-corrected chi connectivity index (χ4v) is 2.68. The minimum atomic E-state index is -0.470. The first-order chi connectivity index (χ1) is 11.6. The average molecular weight is 322 g/mol. The summed E-state index contributed by atoms with van der Waals surface area (Å²) in [7, 11) is 0. The van der Waals surface area contributed by atoms with Crippen molar-refractivity contribution < 1.29 is 9.21 Å². The first-order valence-electron chi connectivity index (χ1n) is 7.42. The first kappa shape index (κ1) is 15.5. The van der Waals surface area contributed by atoms with E-state index in [-0.39, 0.29) is 23.9 Å². The number of nitrogens with one attached hydrogen (secondary N) is 1. The van der Waals surface area contributed by atoms with Gasteiger partial charge in [0.15, 0.2) is 6.19 Å². The van der Waals surface area contributed by atoms with Crippen LogP contribution in [0.4, 0.5) is 0 Å². The predicted octanol–water partition coefficient (Wildman–Crippen LogP) is 1.28. The van der Waals surface area contributed by atoms with Gasteiger partial charge in [0.25, 0.3) is 0 Å². The average Bonchev–Trinajstić information content (AvgIpc) is 3.21. The van der Waals surface area contributed by atoms with Crippen LogP contribution in [-0.2, 0) is 0 Å². The van der Waals surface area contributed by atoms with Crippen molar-refractivity contribution in [3.8, 4) is 23.7 Å². The van der Waals surface area contributed by atoms with Crippen molar-refractivity contribution in [2.24, 2.45) is 0 Å². The Morgan fingerprint density at radius 2 is 2.25 bits per heavy atom. The zero-order valence-electron chi connectivity index (χ0n) is 12.9. The number of carbonyl (C=O) groups is 1. The van der Waals surface area contributed by atoms with Crippen LogP contribution in [0.5, 0.6) is 0 Å². The molecular formula is C16H14N6O2. The van der Waals surface area contributed by atoms with E-state index in [2.05, 4.69) is 21.7 Å². The standard InChI is InChI=1S/C16H14N6O2/c1-10-5-13(8-22(10)9-18)19-14(23)16-21-20-15(24-16)12-4-2-3-11(6-12)7-17/h2-4,6,10,13H,5,8H2,1H3,(H,19,23)/t10-,13-/m1/s1. The monoisotopic (exact) mass is 322 g/mol. The molecule has 24 heavy (non-hydrogen) atoms. The zero-order chi connectivity index (χ0) is 17.1. The van der Waals surface area contributed by atoms with Crippen molar-refractivity contribution >= 4 is 5.91 Å². The van der Waals surface area contributed by atoms with Crippen LogP contribution < -0.4 is 5.32 Å². The Morgan fingerprint density at radius 3 is 2.96 bits per heavy atom. The van der Waals surface area contributed by atoms with E-state index >= 15 is 0 Å². The van der Waals surface area contributed by atoms with Crippen molar-refractivity contribution in [1.82, 2.24) is 20.4 Å². The molecule has 1 aromatic carbocycles. The maximum Gasteiger partial charge on any atom is 0.309 e. The summed E-state index contributed by atoms with van der Waals surface area (Å²) in [5, 5.41) is 28.3. The van der Waals surface area contributed by atoms with Gasteiger partial charge in [-0.05, 0) is 31.5 Å². The second-order valence-electron chi connectivity index (χ2n) is 5.61. The molecule has 120 valence electrons. The molecule has 0 bridgehead atoms. The highest BCUT2D eigenvalue weighted by Gasteiger charge is 2.30. The van der Waals surface area contributed by atoms with Gasteiger partial charge in [0.2, 0.25) is 5.89 Å². The fourth-order valence-electron chi connectivity index (χ4n) is 2.68. The molecule has 1 fully saturated rings. The Hall–Kier alpha value is -3.39. The molecule has 8 nitrogen and oxygen atoms in total. The number of nitrogens with zero attached hydrogens (tertiary/aromatic N) is 5. The number of hydrogen-bond donors (Lipinski definition) is 1. The number of amides is 1. The number of rotatable bonds is 3. The van der Waals surface area contributed by atoms with Gasteiger partial charge in [0, 0.05) is 24.2 Å². The summed E-state index contributed by atoms with van der Waals surface area (Å²) in [6, 6.07) is 8.68. The molecule has 0 radical (unpaired) electrons. The molecule has 1 N–H and O–H groups in total. The Balaban J connectivity index is 1.70. The largest absolute Gasteiger partial charge is 0.412 e. The summed E-state index contributed by atoms with van der Waals surface area (Å²) in [5.74, 6) is -0.437. The maximum absolute atomic E-state index is 12.2. The maximum atomic E-state index is 12.2. The van der Waals surface area contributed by atoms with Gasteiger partial charge in [0.1, 0.15) is 0 Å². The van der Waals surface area contributed by atoms with E-state index in [1.165, 1.54) is 0 Å². The van der Waals surface area contributed by atoms with E-state index < -0.39 is 5.91 Å². The lowest BCUT2D eigenvalue weighted by Crippen LogP contribution is -2.36. The molecule has 8 heteroatoms. The summed E-state index contributed by atoms with van der Waals surface area (Å²) in [6.07, 6.45) is 2.78. The SMILES string of the molecule is C[C@@H]1C[C@@H](NC(=O)c2nnc(-c3cccc(C#N)c3)o2)CN1C#N. The van der Waals surface area contributed by atoms with Gasteiger partial charge in [-0.2, -0.15) is 10.5 Å². The van der Waals surface area contributed by atoms with Gasteiger partial charge in [-0.25, -0.2) is 0 Å². The number of benzene rings is 1. The van der Waals surface area contributed by atoms with Gasteiger partial charge >= 0.3 is 11.8 Å². The minimum absolute atomic E-state index is 0.0901. The summed E-state index contributed by atoms with van der Waals surface area (Å²) >= 11 is 0. The number of nitriles is 2. The predicted molar refractivity (Wildman–Crippen MR) is 82.1 cm³/mol. The summed E-state index contributed by atoms with van der Waals surface area (Å²) < 4.78 is 5.40. The van der Waals surface area contributed by atoms with E-state index in [0.717, 1.165) is 0 Å². The van der Waals surface area contributed by atoms with Crippen LogP contribution in [-0.4, -0.2) is 39.6 Å². The molecule has 0 unspecified atom stereocenters. The zero-order valence-corrected chi connectivity index (χ0v) is 12.9. The van der Waals surface area contributed by atoms with Crippen LogP contribution in [0.25, 0.3) is 11.5 Å². The molecule has 0 spiro atoms. The van der Waals surface area contributed by atoms with Crippen molar-refractivity contribution in [3.05, 3.63) is 35.7 Å². The number of aromatic nitrogens is 2. The summed E-state index contributed by atoms with van der Waals surface area (Å²) in [6.45, 7) is 2.40. The molecule has 2 atom stereocenters. The van der Waals surface area contributed by atoms with E-state index in [4.69, 9.17) is 14.9 Å². The van der Waals surface area contributed by atoms with Gasteiger partial charge in [-0.1, -0.05) is 6.07 Å². The minimum Gasteiger partial charge on any atom is -0.412 e. The highest BCUT2D eigenvalue weighted by Crippen LogP contribution is 2.20. The smallest absolute Gasteiger partial charge is 0.309 e. The third-order valence-corrected chi connectivity index (χ3v) is 3.90. The van der Waals surface area contributed by atoms with Crippen LogP contribution in [0.3, 0.4) is 0 Å². The fraction of sp³-hybridized carbons (Fsp3) is 0.312. The number of carbonyl (C=O) groups excluding carboxylic acids is 1. The van der Waals surface area contributed by atoms with Crippen molar-refractivity contribution in [1.29, 1.82) is 10.5 Å². The normalized spacial score (nSPS) is 19.5. The number of likely N-dealkylation sites (tertiary alicyclic amines) is 1. The lowest BCUT2D eigenvalue weighted by Gasteiger charge is -2.11. The second-order valence-corrected chi connectivity index (χ2v) is 5.61.